The van der Waals surface area contributed by atoms with Crippen LogP contribution in [-0.4, -0.2) is 38.1 Å². The molecule has 1 N–H and O–H groups in total. The van der Waals surface area contributed by atoms with Crippen LogP contribution in [0.25, 0.3) is 0 Å². The Hall–Kier alpha value is -2.38. The number of hydrogen-bond donors (Lipinski definition) is 1. The van der Waals surface area contributed by atoms with Crippen LogP contribution in [0.1, 0.15) is 31.1 Å². The van der Waals surface area contributed by atoms with Gasteiger partial charge >= 0.3 is 12.5 Å². The van der Waals surface area contributed by atoms with Gasteiger partial charge in [-0.15, -0.1) is 0 Å². The van der Waals surface area contributed by atoms with E-state index in [2.05, 4.69) is 5.32 Å². The number of amides is 1. The van der Waals surface area contributed by atoms with Gasteiger partial charge in [0.25, 0.3) is 0 Å². The minimum absolute atomic E-state index is 0.0891. The van der Waals surface area contributed by atoms with Crippen molar-refractivity contribution >= 4 is 17.6 Å². The highest BCUT2D eigenvalue weighted by molar-refractivity contribution is 6.06. The quantitative estimate of drug-likeness (QED) is 0.836. The van der Waals surface area contributed by atoms with Crippen molar-refractivity contribution in [2.45, 2.75) is 32.8 Å². The van der Waals surface area contributed by atoms with Crippen LogP contribution >= 0.6 is 0 Å². The van der Waals surface area contributed by atoms with E-state index in [-0.39, 0.29) is 17.2 Å². The summed E-state index contributed by atoms with van der Waals surface area (Å²) in [5, 5.41) is 2.28. The number of carbonyl (C=O) groups excluding carboxylic acids is 2. The molecule has 128 valence electrons. The Labute approximate surface area is 132 Å². The summed E-state index contributed by atoms with van der Waals surface area (Å²) in [5.74, 6) is -1.19. The first-order valence-corrected chi connectivity index (χ1v) is 6.67. The molecule has 1 aromatic rings. The van der Waals surface area contributed by atoms with E-state index < -0.39 is 29.5 Å². The molecule has 0 aromatic heterocycles. The van der Waals surface area contributed by atoms with Crippen LogP contribution in [0, 0.1) is 0 Å². The van der Waals surface area contributed by atoms with Gasteiger partial charge in [0.05, 0.1) is 25.5 Å². The van der Waals surface area contributed by atoms with Crippen molar-refractivity contribution in [1.82, 2.24) is 0 Å². The van der Waals surface area contributed by atoms with E-state index in [1.807, 2.05) is 0 Å². The van der Waals surface area contributed by atoms with Crippen molar-refractivity contribution in [2.75, 3.05) is 19.5 Å². The predicted molar refractivity (Wildman–Crippen MR) is 79.7 cm³/mol. The third-order valence-electron chi connectivity index (χ3n) is 2.62. The third kappa shape index (κ3) is 5.08. The number of ketones is 1. The lowest BCUT2D eigenvalue weighted by atomic mass is 10.1. The minimum atomic E-state index is -3.23. The maximum atomic E-state index is 12.8. The molecule has 0 spiro atoms. The molecular weight excluding hydrogens is 312 g/mol. The van der Waals surface area contributed by atoms with Crippen LogP contribution < -0.4 is 14.8 Å². The van der Waals surface area contributed by atoms with E-state index in [1.54, 1.807) is 20.8 Å². The molecule has 8 heteroatoms. The summed E-state index contributed by atoms with van der Waals surface area (Å²) in [6, 6.07) is 2.30. The van der Waals surface area contributed by atoms with Gasteiger partial charge in [0.2, 0.25) is 5.78 Å². The van der Waals surface area contributed by atoms with E-state index >= 15 is 0 Å². The fourth-order valence-corrected chi connectivity index (χ4v) is 1.72. The van der Waals surface area contributed by atoms with Crippen molar-refractivity contribution in [3.8, 4) is 11.5 Å². The molecular formula is C15H19F2NO5. The van der Waals surface area contributed by atoms with Crippen molar-refractivity contribution in [3.63, 3.8) is 0 Å². The Kier molecular flexibility index (Phi) is 5.89. The largest absolute Gasteiger partial charge is 0.493 e. The summed E-state index contributed by atoms with van der Waals surface area (Å²) in [6.07, 6.45) is -4.11. The molecule has 0 aliphatic heterocycles. The number of carbonyl (C=O) groups is 2. The SMILES string of the molecule is COc1cc(NC(=O)OC(C)(C)C)c(C(=O)C(F)F)cc1OC. The molecule has 1 amide bonds. The predicted octanol–water partition coefficient (Wildman–Crippen LogP) is 3.50. The highest BCUT2D eigenvalue weighted by Gasteiger charge is 2.26. The van der Waals surface area contributed by atoms with Crippen LogP contribution in [0.2, 0.25) is 0 Å². The van der Waals surface area contributed by atoms with Crippen LogP contribution in [0.4, 0.5) is 19.3 Å². The average molecular weight is 331 g/mol. The van der Waals surface area contributed by atoms with E-state index in [0.29, 0.717) is 0 Å². The Morgan fingerprint density at radius 2 is 1.61 bits per heavy atom. The summed E-state index contributed by atoms with van der Waals surface area (Å²) in [4.78, 5) is 23.5. The lowest BCUT2D eigenvalue weighted by Gasteiger charge is -2.21. The molecule has 1 aromatic carbocycles. The molecule has 0 atom stereocenters. The summed E-state index contributed by atoms with van der Waals surface area (Å²) < 4.78 is 40.6. The Morgan fingerprint density at radius 1 is 1.09 bits per heavy atom. The van der Waals surface area contributed by atoms with E-state index in [1.165, 1.54) is 20.3 Å². The van der Waals surface area contributed by atoms with Gasteiger partial charge in [-0.3, -0.25) is 10.1 Å². The monoisotopic (exact) mass is 331 g/mol. The first-order chi connectivity index (χ1) is 10.6. The molecule has 1 rings (SSSR count). The number of anilines is 1. The van der Waals surface area contributed by atoms with Gasteiger partial charge in [-0.1, -0.05) is 0 Å². The minimum Gasteiger partial charge on any atom is -0.493 e. The summed E-state index contributed by atoms with van der Waals surface area (Å²) >= 11 is 0. The normalized spacial score (nSPS) is 11.1. The molecule has 0 fully saturated rings. The molecule has 0 aliphatic carbocycles. The molecule has 0 saturated carbocycles. The van der Waals surface area contributed by atoms with Crippen molar-refractivity contribution in [1.29, 1.82) is 0 Å². The van der Waals surface area contributed by atoms with Crippen LogP contribution in [0.3, 0.4) is 0 Å². The molecule has 0 unspecified atom stereocenters. The maximum Gasteiger partial charge on any atom is 0.412 e. The zero-order valence-corrected chi connectivity index (χ0v) is 13.5. The number of halogens is 2. The zero-order valence-electron chi connectivity index (χ0n) is 13.5. The van der Waals surface area contributed by atoms with Gasteiger partial charge in [0.15, 0.2) is 11.5 Å². The van der Waals surface area contributed by atoms with Crippen LogP contribution in [0.5, 0.6) is 11.5 Å². The molecule has 0 aliphatic rings. The Bertz CT molecular complexity index is 596. The summed E-state index contributed by atoms with van der Waals surface area (Å²) in [5.41, 5.74) is -1.33. The molecule has 23 heavy (non-hydrogen) atoms. The summed E-state index contributed by atoms with van der Waals surface area (Å²) in [6.45, 7) is 4.94. The first kappa shape index (κ1) is 18.7. The molecule has 0 radical (unpaired) electrons. The number of hydrogen-bond acceptors (Lipinski definition) is 5. The molecule has 6 nitrogen and oxygen atoms in total. The lowest BCUT2D eigenvalue weighted by Crippen LogP contribution is -2.28. The van der Waals surface area contributed by atoms with Gasteiger partial charge < -0.3 is 14.2 Å². The fraction of sp³-hybridized carbons (Fsp3) is 0.467. The van der Waals surface area contributed by atoms with E-state index in [4.69, 9.17) is 14.2 Å². The zero-order chi connectivity index (χ0) is 17.8. The first-order valence-electron chi connectivity index (χ1n) is 6.67. The van der Waals surface area contributed by atoms with E-state index in [9.17, 15) is 18.4 Å². The standard InChI is InChI=1S/C15H19F2NO5/c1-15(2,3)23-14(20)18-9-7-11(22-5)10(21-4)6-8(9)12(19)13(16)17/h6-7,13H,1-5H3,(H,18,20). The van der Waals surface area contributed by atoms with Crippen molar-refractivity contribution in [3.05, 3.63) is 17.7 Å². The number of methoxy groups -OCH3 is 2. The second kappa shape index (κ2) is 7.26. The third-order valence-corrected chi connectivity index (χ3v) is 2.62. The van der Waals surface area contributed by atoms with E-state index in [0.717, 1.165) is 6.07 Å². The molecule has 0 saturated heterocycles. The number of benzene rings is 1. The number of ether oxygens (including phenoxy) is 3. The fourth-order valence-electron chi connectivity index (χ4n) is 1.72. The lowest BCUT2D eigenvalue weighted by molar-refractivity contribution is 0.0635. The Balaban J connectivity index is 3.26. The highest BCUT2D eigenvalue weighted by atomic mass is 19.3. The number of Topliss-reactive ketones (excluding diaryl/α,β-unsaturated/α-hetero) is 1. The summed E-state index contributed by atoms with van der Waals surface area (Å²) in [7, 11) is 2.64. The van der Waals surface area contributed by atoms with Gasteiger partial charge in [-0.05, 0) is 26.8 Å². The number of alkyl halides is 2. The van der Waals surface area contributed by atoms with Crippen LogP contribution in [-0.2, 0) is 4.74 Å². The van der Waals surface area contributed by atoms with Crippen molar-refractivity contribution < 1.29 is 32.6 Å². The van der Waals surface area contributed by atoms with Gasteiger partial charge in [0, 0.05) is 6.07 Å². The maximum absolute atomic E-state index is 12.8. The van der Waals surface area contributed by atoms with Gasteiger partial charge in [-0.25, -0.2) is 13.6 Å². The number of rotatable bonds is 5. The van der Waals surface area contributed by atoms with Gasteiger partial charge in [0.1, 0.15) is 5.60 Å². The number of nitrogens with one attached hydrogen (secondary N) is 1. The second-order valence-corrected chi connectivity index (χ2v) is 5.54. The van der Waals surface area contributed by atoms with Gasteiger partial charge in [-0.2, -0.15) is 0 Å². The Morgan fingerprint density at radius 3 is 2.04 bits per heavy atom. The highest BCUT2D eigenvalue weighted by Crippen LogP contribution is 2.34. The topological polar surface area (TPSA) is 73.9 Å². The molecule has 0 heterocycles. The van der Waals surface area contributed by atoms with Crippen molar-refractivity contribution in [2.24, 2.45) is 0 Å². The smallest absolute Gasteiger partial charge is 0.412 e. The second-order valence-electron chi connectivity index (χ2n) is 5.54. The molecule has 0 bridgehead atoms. The van der Waals surface area contributed by atoms with Crippen LogP contribution in [0.15, 0.2) is 12.1 Å². The average Bonchev–Trinajstić information content (AvgIpc) is 2.43.